The van der Waals surface area contributed by atoms with Gasteiger partial charge >= 0.3 is 0 Å². The Bertz CT molecular complexity index is 1120. The molecule has 0 aliphatic carbocycles. The lowest BCUT2D eigenvalue weighted by atomic mass is 10.2. The summed E-state index contributed by atoms with van der Waals surface area (Å²) in [5.41, 5.74) is 2.20. The van der Waals surface area contributed by atoms with Gasteiger partial charge in [0.05, 0.1) is 5.52 Å². The molecule has 132 valence electrons. The highest BCUT2D eigenvalue weighted by molar-refractivity contribution is 5.91. The number of benzene rings is 3. The van der Waals surface area contributed by atoms with Gasteiger partial charge in [-0.25, -0.2) is 18.7 Å². The topological polar surface area (TPSA) is 37.8 Å². The van der Waals surface area contributed by atoms with Gasteiger partial charge in [-0.2, -0.15) is 0 Å². The van der Waals surface area contributed by atoms with Crippen molar-refractivity contribution in [2.75, 3.05) is 5.32 Å². The Morgan fingerprint density at radius 3 is 2.33 bits per heavy atom. The fourth-order valence-corrected chi connectivity index (χ4v) is 2.71. The Morgan fingerprint density at radius 2 is 1.52 bits per heavy atom. The monoisotopic (exact) mass is 359 g/mol. The van der Waals surface area contributed by atoms with Crippen LogP contribution in [0.15, 0.2) is 72.8 Å². The summed E-state index contributed by atoms with van der Waals surface area (Å²) in [6.45, 7) is 0. The summed E-state index contributed by atoms with van der Waals surface area (Å²) in [5.74, 6) is -0.760. The van der Waals surface area contributed by atoms with E-state index < -0.39 is 11.6 Å². The maximum absolute atomic E-state index is 13.5. The van der Waals surface area contributed by atoms with Crippen molar-refractivity contribution >= 4 is 34.6 Å². The van der Waals surface area contributed by atoms with Gasteiger partial charge in [-0.05, 0) is 35.9 Å². The molecule has 1 heterocycles. The molecule has 0 amide bonds. The minimum absolute atomic E-state index is 0.413. The summed E-state index contributed by atoms with van der Waals surface area (Å²) in [6, 6.07) is 21.0. The van der Waals surface area contributed by atoms with Crippen molar-refractivity contribution in [3.05, 3.63) is 95.8 Å². The SMILES string of the molecule is Fc1ccc(Nc2nc(/C=C/c3ccccc3)nc3ccccc23)cc1F. The zero-order valence-electron chi connectivity index (χ0n) is 14.2. The van der Waals surface area contributed by atoms with Crippen LogP contribution in [-0.4, -0.2) is 9.97 Å². The van der Waals surface area contributed by atoms with E-state index in [4.69, 9.17) is 0 Å². The lowest BCUT2D eigenvalue weighted by molar-refractivity contribution is 0.509. The second-order valence-electron chi connectivity index (χ2n) is 5.95. The Kier molecular flexibility index (Phi) is 4.58. The molecular formula is C22H15F2N3. The van der Waals surface area contributed by atoms with Crippen LogP contribution in [-0.2, 0) is 0 Å². The third-order valence-corrected chi connectivity index (χ3v) is 4.03. The summed E-state index contributed by atoms with van der Waals surface area (Å²) in [4.78, 5) is 9.09. The molecule has 0 spiro atoms. The molecule has 0 unspecified atom stereocenters. The number of hydrogen-bond acceptors (Lipinski definition) is 3. The Morgan fingerprint density at radius 1 is 0.741 bits per heavy atom. The maximum atomic E-state index is 13.5. The molecule has 4 aromatic rings. The molecule has 0 fully saturated rings. The van der Waals surface area contributed by atoms with Crippen molar-refractivity contribution in [3.8, 4) is 0 Å². The van der Waals surface area contributed by atoms with Crippen molar-refractivity contribution in [2.24, 2.45) is 0 Å². The number of nitrogens with zero attached hydrogens (tertiary/aromatic N) is 2. The molecule has 5 heteroatoms. The summed E-state index contributed by atoms with van der Waals surface area (Å²) in [5, 5.41) is 3.85. The lowest BCUT2D eigenvalue weighted by Crippen LogP contribution is -2.00. The number of rotatable bonds is 4. The maximum Gasteiger partial charge on any atom is 0.160 e. The first-order chi connectivity index (χ1) is 13.2. The first kappa shape index (κ1) is 16.8. The van der Waals surface area contributed by atoms with Crippen LogP contribution in [0.5, 0.6) is 0 Å². The molecule has 0 radical (unpaired) electrons. The first-order valence-corrected chi connectivity index (χ1v) is 8.41. The average Bonchev–Trinajstić information content (AvgIpc) is 2.70. The van der Waals surface area contributed by atoms with Crippen LogP contribution in [0.4, 0.5) is 20.3 Å². The second kappa shape index (κ2) is 7.33. The Labute approximate surface area is 155 Å². The molecule has 1 aromatic heterocycles. The molecule has 0 saturated heterocycles. The number of hydrogen-bond donors (Lipinski definition) is 1. The van der Waals surface area contributed by atoms with Crippen LogP contribution in [0.3, 0.4) is 0 Å². The van der Waals surface area contributed by atoms with E-state index >= 15 is 0 Å². The fraction of sp³-hybridized carbons (Fsp3) is 0. The Hall–Kier alpha value is -3.60. The van der Waals surface area contributed by atoms with E-state index in [1.165, 1.54) is 6.07 Å². The second-order valence-corrected chi connectivity index (χ2v) is 5.95. The summed E-state index contributed by atoms with van der Waals surface area (Å²) in [7, 11) is 0. The van der Waals surface area contributed by atoms with Gasteiger partial charge < -0.3 is 5.32 Å². The number of anilines is 2. The zero-order chi connectivity index (χ0) is 18.6. The van der Waals surface area contributed by atoms with Gasteiger partial charge in [0.1, 0.15) is 5.82 Å². The minimum atomic E-state index is -0.914. The molecule has 0 bridgehead atoms. The molecule has 4 rings (SSSR count). The highest BCUT2D eigenvalue weighted by Gasteiger charge is 2.08. The first-order valence-electron chi connectivity index (χ1n) is 8.41. The van der Waals surface area contributed by atoms with Crippen LogP contribution < -0.4 is 5.32 Å². The smallest absolute Gasteiger partial charge is 0.160 e. The van der Waals surface area contributed by atoms with Crippen molar-refractivity contribution in [3.63, 3.8) is 0 Å². The van der Waals surface area contributed by atoms with Gasteiger partial charge in [-0.15, -0.1) is 0 Å². The van der Waals surface area contributed by atoms with Crippen LogP contribution in [0.1, 0.15) is 11.4 Å². The van der Waals surface area contributed by atoms with E-state index in [0.29, 0.717) is 17.3 Å². The molecule has 0 atom stereocenters. The van der Waals surface area contributed by atoms with E-state index in [9.17, 15) is 8.78 Å². The zero-order valence-corrected chi connectivity index (χ0v) is 14.2. The van der Waals surface area contributed by atoms with Crippen LogP contribution in [0.25, 0.3) is 23.1 Å². The Balaban J connectivity index is 1.74. The lowest BCUT2D eigenvalue weighted by Gasteiger charge is -2.10. The number of nitrogens with one attached hydrogen (secondary N) is 1. The largest absolute Gasteiger partial charge is 0.340 e. The average molecular weight is 359 g/mol. The van der Waals surface area contributed by atoms with E-state index in [2.05, 4.69) is 15.3 Å². The predicted octanol–water partition coefficient (Wildman–Crippen LogP) is 5.82. The number of aromatic nitrogens is 2. The summed E-state index contributed by atoms with van der Waals surface area (Å²) < 4.78 is 26.7. The van der Waals surface area contributed by atoms with E-state index in [-0.39, 0.29) is 0 Å². The standard InChI is InChI=1S/C22H15F2N3/c23-18-12-11-16(14-19(18)24)25-22-17-8-4-5-9-20(17)26-21(27-22)13-10-15-6-2-1-3-7-15/h1-14H,(H,25,26,27)/b13-10+. The van der Waals surface area contributed by atoms with Gasteiger partial charge in [0, 0.05) is 17.1 Å². The van der Waals surface area contributed by atoms with E-state index in [1.54, 1.807) is 0 Å². The van der Waals surface area contributed by atoms with Gasteiger partial charge in [0.2, 0.25) is 0 Å². The summed E-state index contributed by atoms with van der Waals surface area (Å²) in [6.07, 6.45) is 3.74. The quantitative estimate of drug-likeness (QED) is 0.499. The highest BCUT2D eigenvalue weighted by Crippen LogP contribution is 2.25. The molecule has 1 N–H and O–H groups in total. The number of fused-ring (bicyclic) bond motifs is 1. The molecular weight excluding hydrogens is 344 g/mol. The van der Waals surface area contributed by atoms with Crippen molar-refractivity contribution in [1.82, 2.24) is 9.97 Å². The van der Waals surface area contributed by atoms with E-state index in [0.717, 1.165) is 28.6 Å². The van der Waals surface area contributed by atoms with Gasteiger partial charge in [-0.3, -0.25) is 0 Å². The fourth-order valence-electron chi connectivity index (χ4n) is 2.71. The van der Waals surface area contributed by atoms with Crippen molar-refractivity contribution in [1.29, 1.82) is 0 Å². The van der Waals surface area contributed by atoms with Gasteiger partial charge in [0.25, 0.3) is 0 Å². The number of para-hydroxylation sites is 1. The van der Waals surface area contributed by atoms with Gasteiger partial charge in [-0.1, -0.05) is 48.5 Å². The third-order valence-electron chi connectivity index (χ3n) is 4.03. The van der Waals surface area contributed by atoms with Gasteiger partial charge in [0.15, 0.2) is 17.5 Å². The van der Waals surface area contributed by atoms with Crippen LogP contribution in [0, 0.1) is 11.6 Å². The normalized spacial score (nSPS) is 11.2. The highest BCUT2D eigenvalue weighted by atomic mass is 19.2. The molecule has 3 aromatic carbocycles. The van der Waals surface area contributed by atoms with Crippen molar-refractivity contribution < 1.29 is 8.78 Å². The van der Waals surface area contributed by atoms with Crippen LogP contribution in [0.2, 0.25) is 0 Å². The van der Waals surface area contributed by atoms with E-state index in [1.807, 2.05) is 66.7 Å². The molecule has 3 nitrogen and oxygen atoms in total. The third kappa shape index (κ3) is 3.82. The minimum Gasteiger partial charge on any atom is -0.340 e. The molecule has 27 heavy (non-hydrogen) atoms. The molecule has 0 aliphatic heterocycles. The molecule has 0 saturated carbocycles. The van der Waals surface area contributed by atoms with Crippen LogP contribution >= 0.6 is 0 Å². The van der Waals surface area contributed by atoms with Crippen molar-refractivity contribution in [2.45, 2.75) is 0 Å². The number of halogens is 2. The molecule has 0 aliphatic rings. The summed E-state index contributed by atoms with van der Waals surface area (Å²) >= 11 is 0. The predicted molar refractivity (Wildman–Crippen MR) is 105 cm³/mol.